The molecule has 0 aromatic rings. The van der Waals surface area contributed by atoms with Crippen LogP contribution in [-0.4, -0.2) is 36.0 Å². The van der Waals surface area contributed by atoms with Crippen LogP contribution in [0.15, 0.2) is 0 Å². The second-order valence-electron chi connectivity index (χ2n) is 4.82. The van der Waals surface area contributed by atoms with Gasteiger partial charge in [-0.15, -0.1) is 0 Å². The molecule has 1 fully saturated rings. The van der Waals surface area contributed by atoms with Gasteiger partial charge in [-0.3, -0.25) is 4.79 Å². The van der Waals surface area contributed by atoms with E-state index in [1.54, 1.807) is 0 Å². The SMILES string of the molecule is CCCCC(C)N1CCC(NCCC)C1=O. The Kier molecular flexibility index (Phi) is 5.81. The normalized spacial score (nSPS) is 22.8. The predicted molar refractivity (Wildman–Crippen MR) is 67.4 cm³/mol. The molecule has 1 rings (SSSR count). The van der Waals surface area contributed by atoms with E-state index >= 15 is 0 Å². The first-order chi connectivity index (χ1) is 7.70. The van der Waals surface area contributed by atoms with E-state index in [-0.39, 0.29) is 6.04 Å². The van der Waals surface area contributed by atoms with Crippen molar-refractivity contribution >= 4 is 5.91 Å². The zero-order chi connectivity index (χ0) is 12.0. The van der Waals surface area contributed by atoms with Crippen LogP contribution >= 0.6 is 0 Å². The lowest BCUT2D eigenvalue weighted by Gasteiger charge is -2.24. The lowest BCUT2D eigenvalue weighted by atomic mass is 10.1. The van der Waals surface area contributed by atoms with Crippen LogP contribution in [0.1, 0.15) is 52.9 Å². The van der Waals surface area contributed by atoms with Crippen LogP contribution in [0.25, 0.3) is 0 Å². The van der Waals surface area contributed by atoms with Gasteiger partial charge in [-0.25, -0.2) is 0 Å². The lowest BCUT2D eigenvalue weighted by molar-refractivity contribution is -0.131. The van der Waals surface area contributed by atoms with Crippen LogP contribution in [0.4, 0.5) is 0 Å². The Hall–Kier alpha value is -0.570. The number of rotatable bonds is 7. The van der Waals surface area contributed by atoms with Crippen molar-refractivity contribution in [3.8, 4) is 0 Å². The first-order valence-electron chi connectivity index (χ1n) is 6.74. The average Bonchev–Trinajstić information content (AvgIpc) is 2.65. The van der Waals surface area contributed by atoms with Crippen LogP contribution in [0, 0.1) is 0 Å². The molecule has 16 heavy (non-hydrogen) atoms. The molecular weight excluding hydrogens is 200 g/mol. The van der Waals surface area contributed by atoms with Gasteiger partial charge in [0.1, 0.15) is 0 Å². The quantitative estimate of drug-likeness (QED) is 0.721. The van der Waals surface area contributed by atoms with Crippen LogP contribution in [0.3, 0.4) is 0 Å². The monoisotopic (exact) mass is 226 g/mol. The first-order valence-corrected chi connectivity index (χ1v) is 6.74. The molecule has 1 aliphatic rings. The van der Waals surface area contributed by atoms with E-state index in [1.807, 2.05) is 0 Å². The molecule has 0 spiro atoms. The highest BCUT2D eigenvalue weighted by Gasteiger charge is 2.33. The summed E-state index contributed by atoms with van der Waals surface area (Å²) in [5.41, 5.74) is 0. The third-order valence-corrected chi connectivity index (χ3v) is 3.39. The summed E-state index contributed by atoms with van der Waals surface area (Å²) < 4.78 is 0. The maximum absolute atomic E-state index is 12.1. The highest BCUT2D eigenvalue weighted by atomic mass is 16.2. The van der Waals surface area contributed by atoms with Gasteiger partial charge in [0.2, 0.25) is 5.91 Å². The van der Waals surface area contributed by atoms with Crippen molar-refractivity contribution in [3.63, 3.8) is 0 Å². The molecular formula is C13H26N2O. The molecule has 1 amide bonds. The van der Waals surface area contributed by atoms with Crippen molar-refractivity contribution in [2.45, 2.75) is 65.0 Å². The molecule has 1 heterocycles. The zero-order valence-electron chi connectivity index (χ0n) is 11.0. The van der Waals surface area contributed by atoms with Crippen molar-refractivity contribution in [2.75, 3.05) is 13.1 Å². The molecule has 3 heteroatoms. The third kappa shape index (κ3) is 3.48. The van der Waals surface area contributed by atoms with E-state index < -0.39 is 0 Å². The Morgan fingerprint density at radius 2 is 2.19 bits per heavy atom. The average molecular weight is 226 g/mol. The fourth-order valence-corrected chi connectivity index (χ4v) is 2.30. The van der Waals surface area contributed by atoms with Crippen LogP contribution in [-0.2, 0) is 4.79 Å². The molecule has 2 atom stereocenters. The Labute approximate surface area is 99.6 Å². The summed E-state index contributed by atoms with van der Waals surface area (Å²) >= 11 is 0. The van der Waals surface area contributed by atoms with Crippen molar-refractivity contribution in [1.82, 2.24) is 10.2 Å². The summed E-state index contributed by atoms with van der Waals surface area (Å²) in [7, 11) is 0. The number of nitrogens with one attached hydrogen (secondary N) is 1. The van der Waals surface area contributed by atoms with Gasteiger partial charge in [0.15, 0.2) is 0 Å². The van der Waals surface area contributed by atoms with Gasteiger partial charge in [-0.2, -0.15) is 0 Å². The maximum atomic E-state index is 12.1. The number of carbonyl (C=O) groups excluding carboxylic acids is 1. The highest BCUT2D eigenvalue weighted by molar-refractivity contribution is 5.84. The van der Waals surface area contributed by atoms with Crippen molar-refractivity contribution in [2.24, 2.45) is 0 Å². The molecule has 0 bridgehead atoms. The minimum atomic E-state index is 0.0871. The highest BCUT2D eigenvalue weighted by Crippen LogP contribution is 2.17. The van der Waals surface area contributed by atoms with E-state index in [9.17, 15) is 4.79 Å². The molecule has 0 radical (unpaired) electrons. The predicted octanol–water partition coefficient (Wildman–Crippen LogP) is 2.17. The van der Waals surface area contributed by atoms with Crippen LogP contribution < -0.4 is 5.32 Å². The fourth-order valence-electron chi connectivity index (χ4n) is 2.30. The van der Waals surface area contributed by atoms with Crippen LogP contribution in [0.5, 0.6) is 0 Å². The summed E-state index contributed by atoms with van der Waals surface area (Å²) in [6.45, 7) is 8.40. The molecule has 1 aliphatic heterocycles. The second-order valence-corrected chi connectivity index (χ2v) is 4.82. The molecule has 3 nitrogen and oxygen atoms in total. The van der Waals surface area contributed by atoms with Gasteiger partial charge in [-0.05, 0) is 32.7 Å². The largest absolute Gasteiger partial charge is 0.339 e. The molecule has 2 unspecified atom stereocenters. The Bertz CT molecular complexity index is 218. The van der Waals surface area contributed by atoms with E-state index in [1.165, 1.54) is 12.8 Å². The molecule has 0 saturated carbocycles. The number of likely N-dealkylation sites (tertiary alicyclic amines) is 1. The summed E-state index contributed by atoms with van der Waals surface area (Å²) in [6.07, 6.45) is 5.65. The number of unbranched alkanes of at least 4 members (excludes halogenated alkanes) is 1. The maximum Gasteiger partial charge on any atom is 0.240 e. The number of hydrogen-bond acceptors (Lipinski definition) is 2. The molecule has 1 saturated heterocycles. The van der Waals surface area contributed by atoms with Crippen LogP contribution in [0.2, 0.25) is 0 Å². The minimum absolute atomic E-state index is 0.0871. The minimum Gasteiger partial charge on any atom is -0.339 e. The Morgan fingerprint density at radius 1 is 1.44 bits per heavy atom. The smallest absolute Gasteiger partial charge is 0.240 e. The summed E-state index contributed by atoms with van der Waals surface area (Å²) in [5.74, 6) is 0.317. The lowest BCUT2D eigenvalue weighted by Crippen LogP contribution is -2.42. The number of amides is 1. The van der Waals surface area contributed by atoms with E-state index in [0.29, 0.717) is 11.9 Å². The molecule has 1 N–H and O–H groups in total. The second kappa shape index (κ2) is 6.89. The summed E-state index contributed by atoms with van der Waals surface area (Å²) in [5, 5.41) is 3.33. The van der Waals surface area contributed by atoms with Crippen molar-refractivity contribution < 1.29 is 4.79 Å². The topological polar surface area (TPSA) is 32.3 Å². The standard InChI is InChI=1S/C13H26N2O/c1-4-6-7-11(3)15-10-8-12(13(15)16)14-9-5-2/h11-12,14H,4-10H2,1-3H3. The third-order valence-electron chi connectivity index (χ3n) is 3.39. The molecule has 0 aromatic carbocycles. The molecule has 0 aliphatic carbocycles. The first kappa shape index (κ1) is 13.5. The van der Waals surface area contributed by atoms with Gasteiger partial charge in [-0.1, -0.05) is 26.7 Å². The summed E-state index contributed by atoms with van der Waals surface area (Å²) in [6, 6.07) is 0.505. The van der Waals surface area contributed by atoms with E-state index in [0.717, 1.165) is 32.4 Å². The van der Waals surface area contributed by atoms with Crippen molar-refractivity contribution in [1.29, 1.82) is 0 Å². The number of carbonyl (C=O) groups is 1. The van der Waals surface area contributed by atoms with Gasteiger partial charge < -0.3 is 10.2 Å². The Morgan fingerprint density at radius 3 is 2.81 bits per heavy atom. The van der Waals surface area contributed by atoms with Gasteiger partial charge >= 0.3 is 0 Å². The van der Waals surface area contributed by atoms with E-state index in [2.05, 4.69) is 31.0 Å². The Balaban J connectivity index is 2.37. The van der Waals surface area contributed by atoms with Gasteiger partial charge in [0, 0.05) is 12.6 Å². The molecule has 0 aromatic heterocycles. The van der Waals surface area contributed by atoms with Crippen molar-refractivity contribution in [3.05, 3.63) is 0 Å². The fraction of sp³-hybridized carbons (Fsp3) is 0.923. The zero-order valence-corrected chi connectivity index (χ0v) is 11.0. The number of hydrogen-bond donors (Lipinski definition) is 1. The molecule has 94 valence electrons. The van der Waals surface area contributed by atoms with Gasteiger partial charge in [0.05, 0.1) is 6.04 Å². The summed E-state index contributed by atoms with van der Waals surface area (Å²) in [4.78, 5) is 14.1. The number of nitrogens with zero attached hydrogens (tertiary/aromatic N) is 1. The van der Waals surface area contributed by atoms with Gasteiger partial charge in [0.25, 0.3) is 0 Å². The van der Waals surface area contributed by atoms with E-state index in [4.69, 9.17) is 0 Å².